The summed E-state index contributed by atoms with van der Waals surface area (Å²) in [5, 5.41) is 6.97. The molecule has 1 unspecified atom stereocenters. The minimum atomic E-state index is 0.360. The number of hydrogen-bond donors (Lipinski definition) is 1. The zero-order valence-electron chi connectivity index (χ0n) is 13.6. The van der Waals surface area contributed by atoms with E-state index in [1.54, 1.807) is 18.7 Å². The van der Waals surface area contributed by atoms with Crippen molar-refractivity contribution in [1.29, 1.82) is 0 Å². The van der Waals surface area contributed by atoms with E-state index in [4.69, 9.17) is 4.98 Å². The van der Waals surface area contributed by atoms with Crippen LogP contribution in [-0.4, -0.2) is 43.2 Å². The van der Waals surface area contributed by atoms with E-state index in [1.807, 2.05) is 25.1 Å². The summed E-state index contributed by atoms with van der Waals surface area (Å²) in [6.45, 7) is 3.88. The molecule has 1 aliphatic heterocycles. The van der Waals surface area contributed by atoms with Crippen LogP contribution in [0.1, 0.15) is 30.3 Å². The van der Waals surface area contributed by atoms with Gasteiger partial charge in [-0.2, -0.15) is 5.10 Å². The van der Waals surface area contributed by atoms with E-state index in [0.29, 0.717) is 5.92 Å². The van der Waals surface area contributed by atoms with Gasteiger partial charge in [0, 0.05) is 48.7 Å². The SMILES string of the molecule is Cc1cc(N2CCCC(c3ncn[nH]3)C2)nc(-c2cccnc2)n1. The highest BCUT2D eigenvalue weighted by molar-refractivity contribution is 5.56. The number of pyridine rings is 1. The lowest BCUT2D eigenvalue weighted by molar-refractivity contribution is 0.489. The molecule has 24 heavy (non-hydrogen) atoms. The van der Waals surface area contributed by atoms with E-state index in [9.17, 15) is 0 Å². The molecule has 1 fully saturated rings. The fraction of sp³-hybridized carbons (Fsp3) is 0.353. The highest BCUT2D eigenvalue weighted by Gasteiger charge is 2.24. The van der Waals surface area contributed by atoms with Gasteiger partial charge in [-0.15, -0.1) is 0 Å². The molecule has 0 amide bonds. The van der Waals surface area contributed by atoms with Gasteiger partial charge in [-0.05, 0) is 31.9 Å². The zero-order valence-corrected chi connectivity index (χ0v) is 13.6. The lowest BCUT2D eigenvalue weighted by Crippen LogP contribution is -2.35. The molecule has 0 bridgehead atoms. The molecule has 0 saturated carbocycles. The van der Waals surface area contributed by atoms with Crippen LogP contribution in [0.4, 0.5) is 5.82 Å². The molecule has 3 aromatic rings. The Morgan fingerprint density at radius 1 is 1.29 bits per heavy atom. The van der Waals surface area contributed by atoms with Crippen LogP contribution in [-0.2, 0) is 0 Å². The average Bonchev–Trinajstić information content (AvgIpc) is 3.17. The molecule has 1 atom stereocenters. The summed E-state index contributed by atoms with van der Waals surface area (Å²) in [4.78, 5) is 20.1. The van der Waals surface area contributed by atoms with Crippen molar-refractivity contribution in [1.82, 2.24) is 30.1 Å². The molecule has 7 heteroatoms. The van der Waals surface area contributed by atoms with Gasteiger partial charge in [-0.1, -0.05) is 0 Å². The summed E-state index contributed by atoms with van der Waals surface area (Å²) < 4.78 is 0. The van der Waals surface area contributed by atoms with Gasteiger partial charge in [0.25, 0.3) is 0 Å². The summed E-state index contributed by atoms with van der Waals surface area (Å²) in [5.74, 6) is 3.00. The number of piperidine rings is 1. The molecule has 0 radical (unpaired) electrons. The second kappa shape index (κ2) is 6.35. The largest absolute Gasteiger partial charge is 0.356 e. The number of nitrogens with one attached hydrogen (secondary N) is 1. The number of aromatic amines is 1. The third kappa shape index (κ3) is 2.97. The topological polar surface area (TPSA) is 83.5 Å². The number of aryl methyl sites for hydroxylation is 1. The Balaban J connectivity index is 1.63. The summed E-state index contributed by atoms with van der Waals surface area (Å²) >= 11 is 0. The second-order valence-electron chi connectivity index (χ2n) is 6.09. The molecule has 4 rings (SSSR count). The smallest absolute Gasteiger partial charge is 0.163 e. The van der Waals surface area contributed by atoms with Crippen LogP contribution in [0.15, 0.2) is 36.9 Å². The summed E-state index contributed by atoms with van der Waals surface area (Å²) in [5.41, 5.74) is 1.90. The van der Waals surface area contributed by atoms with E-state index in [1.165, 1.54) is 0 Å². The number of aromatic nitrogens is 6. The average molecular weight is 321 g/mol. The molecule has 0 aliphatic carbocycles. The Morgan fingerprint density at radius 2 is 2.25 bits per heavy atom. The first-order valence-corrected chi connectivity index (χ1v) is 8.16. The van der Waals surface area contributed by atoms with Crippen LogP contribution in [0, 0.1) is 6.92 Å². The monoisotopic (exact) mass is 321 g/mol. The van der Waals surface area contributed by atoms with Gasteiger partial charge < -0.3 is 4.90 Å². The minimum absolute atomic E-state index is 0.360. The fourth-order valence-corrected chi connectivity index (χ4v) is 3.16. The van der Waals surface area contributed by atoms with E-state index in [0.717, 1.165) is 54.7 Å². The number of rotatable bonds is 3. The first-order valence-electron chi connectivity index (χ1n) is 8.16. The molecule has 0 aromatic carbocycles. The Labute approximate surface area is 140 Å². The highest BCUT2D eigenvalue weighted by atomic mass is 15.2. The lowest BCUT2D eigenvalue weighted by Gasteiger charge is -2.32. The lowest BCUT2D eigenvalue weighted by atomic mass is 9.97. The molecule has 1 N–H and O–H groups in total. The Kier molecular flexibility index (Phi) is 3.90. The van der Waals surface area contributed by atoms with Crippen LogP contribution < -0.4 is 4.90 Å². The minimum Gasteiger partial charge on any atom is -0.356 e. The van der Waals surface area contributed by atoms with E-state index in [2.05, 4.69) is 30.0 Å². The van der Waals surface area contributed by atoms with E-state index >= 15 is 0 Å². The van der Waals surface area contributed by atoms with Crippen molar-refractivity contribution in [3.8, 4) is 11.4 Å². The second-order valence-corrected chi connectivity index (χ2v) is 6.09. The van der Waals surface area contributed by atoms with Gasteiger partial charge >= 0.3 is 0 Å². The van der Waals surface area contributed by atoms with Crippen molar-refractivity contribution < 1.29 is 0 Å². The van der Waals surface area contributed by atoms with Crippen LogP contribution in [0.5, 0.6) is 0 Å². The van der Waals surface area contributed by atoms with Crippen molar-refractivity contribution in [3.05, 3.63) is 48.4 Å². The van der Waals surface area contributed by atoms with Crippen molar-refractivity contribution >= 4 is 5.82 Å². The van der Waals surface area contributed by atoms with E-state index in [-0.39, 0.29) is 0 Å². The number of hydrogen-bond acceptors (Lipinski definition) is 6. The Bertz CT molecular complexity index is 801. The van der Waals surface area contributed by atoms with E-state index < -0.39 is 0 Å². The molecule has 4 heterocycles. The van der Waals surface area contributed by atoms with Gasteiger partial charge in [0.05, 0.1) is 0 Å². The van der Waals surface area contributed by atoms with Crippen LogP contribution in [0.2, 0.25) is 0 Å². The summed E-state index contributed by atoms with van der Waals surface area (Å²) in [6, 6.07) is 5.93. The third-order valence-electron chi connectivity index (χ3n) is 4.33. The molecule has 122 valence electrons. The molecule has 3 aromatic heterocycles. The first-order chi connectivity index (χ1) is 11.8. The normalized spacial score (nSPS) is 17.9. The van der Waals surface area contributed by atoms with Gasteiger partial charge in [0.1, 0.15) is 18.0 Å². The van der Waals surface area contributed by atoms with Gasteiger partial charge in [-0.25, -0.2) is 15.0 Å². The molecular weight excluding hydrogens is 302 g/mol. The third-order valence-corrected chi connectivity index (χ3v) is 4.33. The quantitative estimate of drug-likeness (QED) is 0.797. The van der Waals surface area contributed by atoms with Gasteiger partial charge in [0.2, 0.25) is 0 Å². The molecule has 7 nitrogen and oxygen atoms in total. The van der Waals surface area contributed by atoms with Gasteiger partial charge in [-0.3, -0.25) is 10.1 Å². The van der Waals surface area contributed by atoms with Crippen LogP contribution >= 0.6 is 0 Å². The Hall–Kier alpha value is -2.83. The number of nitrogens with zero attached hydrogens (tertiary/aromatic N) is 6. The van der Waals surface area contributed by atoms with Crippen molar-refractivity contribution in [2.75, 3.05) is 18.0 Å². The first kappa shape index (κ1) is 14.7. The molecule has 1 aliphatic rings. The number of anilines is 1. The standard InChI is InChI=1S/C17H19N7/c1-12-8-15(22-17(21-12)13-4-2-6-18-9-13)24-7-3-5-14(10-24)16-19-11-20-23-16/h2,4,6,8-9,11,14H,3,5,7,10H2,1H3,(H,19,20,23). The molecule has 0 spiro atoms. The van der Waals surface area contributed by atoms with Gasteiger partial charge in [0.15, 0.2) is 5.82 Å². The fourth-order valence-electron chi connectivity index (χ4n) is 3.16. The Morgan fingerprint density at radius 3 is 3.04 bits per heavy atom. The summed E-state index contributed by atoms with van der Waals surface area (Å²) in [7, 11) is 0. The summed E-state index contributed by atoms with van der Waals surface area (Å²) in [6.07, 6.45) is 7.35. The number of H-pyrrole nitrogens is 1. The predicted molar refractivity (Wildman–Crippen MR) is 90.6 cm³/mol. The molecule has 1 saturated heterocycles. The zero-order chi connectivity index (χ0) is 16.4. The molecular formula is C17H19N7. The maximum Gasteiger partial charge on any atom is 0.163 e. The highest BCUT2D eigenvalue weighted by Crippen LogP contribution is 2.28. The van der Waals surface area contributed by atoms with Crippen molar-refractivity contribution in [2.45, 2.75) is 25.7 Å². The van der Waals surface area contributed by atoms with Crippen LogP contribution in [0.3, 0.4) is 0 Å². The maximum atomic E-state index is 4.77. The predicted octanol–water partition coefficient (Wildman–Crippen LogP) is 2.35. The maximum absolute atomic E-state index is 4.77. The van der Waals surface area contributed by atoms with Crippen molar-refractivity contribution in [3.63, 3.8) is 0 Å². The van der Waals surface area contributed by atoms with Crippen LogP contribution in [0.25, 0.3) is 11.4 Å². The van der Waals surface area contributed by atoms with Crippen molar-refractivity contribution in [2.24, 2.45) is 0 Å².